The molecule has 25 heteroatoms. The van der Waals surface area contributed by atoms with Gasteiger partial charge in [-0.05, 0) is 111 Å². The number of methoxy groups -OCH3 is 1. The molecule has 0 aliphatic carbocycles. The maximum atomic E-state index is 12.9. The summed E-state index contributed by atoms with van der Waals surface area (Å²) in [6.45, 7) is 19.9. The normalized spacial score (nSPS) is 20.6. The van der Waals surface area contributed by atoms with Gasteiger partial charge >= 0.3 is 121 Å². The van der Waals surface area contributed by atoms with Crippen LogP contribution in [0.4, 0.5) is 9.59 Å². The number of imidazole rings is 2. The number of likely N-dealkylation sites (tertiary alicyclic amines) is 2. The number of carbonyl (C=O) groups is 5. The monoisotopic (exact) mass is 1170 g/mol. The molecule has 376 valence electrons. The van der Waals surface area contributed by atoms with Gasteiger partial charge in [-0.25, -0.2) is 24.4 Å². The van der Waals surface area contributed by atoms with E-state index in [9.17, 15) is 24.0 Å². The number of hydrogen-bond acceptors (Lipinski definition) is 15. The van der Waals surface area contributed by atoms with Crippen molar-refractivity contribution in [2.24, 2.45) is 17.8 Å². The average Bonchev–Trinajstić information content (AvgIpc) is 4.07. The molecule has 2 N–H and O–H groups in total. The number of carbonyl (C=O) groups excluding carboxylic acids is 5. The van der Waals surface area contributed by atoms with Gasteiger partial charge in [0, 0.05) is 88.2 Å². The van der Waals surface area contributed by atoms with Crippen LogP contribution < -0.4 is 114 Å². The number of halogens is 3. The van der Waals surface area contributed by atoms with Crippen LogP contribution in [-0.2, 0) is 38.2 Å². The summed E-state index contributed by atoms with van der Waals surface area (Å²) >= 11 is 12.3. The minimum Gasteiger partial charge on any atom is -1.00 e. The first-order valence-electron chi connectivity index (χ1n) is 22.1. The Morgan fingerprint density at radius 1 is 0.855 bits per heavy atom. The second-order valence-electron chi connectivity index (χ2n) is 18.8. The van der Waals surface area contributed by atoms with Gasteiger partial charge in [0.2, 0.25) is 0 Å². The predicted octanol–water partition coefficient (Wildman–Crippen LogP) is 0.355. The summed E-state index contributed by atoms with van der Waals surface area (Å²) in [5, 5.41) is 8.43. The fourth-order valence-corrected chi connectivity index (χ4v) is 9.33. The van der Waals surface area contributed by atoms with Gasteiger partial charge in [0.1, 0.15) is 37.6 Å². The summed E-state index contributed by atoms with van der Waals surface area (Å²) in [5.41, 5.74) is 0.443. The number of ketones is 1. The molecular weight excluding hydrogens is 1110 g/mol. The topological polar surface area (TPSA) is 249 Å². The Hall–Kier alpha value is -0.817. The third-order valence-corrected chi connectivity index (χ3v) is 12.8. The van der Waals surface area contributed by atoms with Gasteiger partial charge in [0.05, 0.1) is 13.0 Å². The van der Waals surface area contributed by atoms with Crippen LogP contribution in [-0.4, -0.2) is 141 Å². The van der Waals surface area contributed by atoms with Gasteiger partial charge < -0.3 is 55.0 Å². The zero-order valence-electron chi connectivity index (χ0n) is 42.5. The standard InChI is InChI=1S/C21H29BrN4O4.C12H20ClNO3.C10H13BrN2O3.CH2O3.2K.H/c1-12-9-25(20(28)30-21(2,3)4)10-14(12)15-11-26-16(19(27)23-15)17(22)24-18(26)13-5-7-29-8-6-13;1-8-6-14(7-9(8)10(15)5-13)11(16)17-12(2,3)4;1-15-10(14)7-8(11)13-9(12-7)6-2-4-16-5-3-6;2-1-4-3;;;/h11-14H,5-10H2,1-4H3,(H,23,27);8-9H,5-7H2,1-4H3;6H,2-5H2,1H3,(H,12,13);1,3H;;;/q;;;;2*+1;-1/p-1/t12-,14-;8-,9-;;;;;/m11...../s1. The molecule has 0 spiro atoms. The van der Waals surface area contributed by atoms with Crippen LogP contribution in [0.5, 0.6) is 0 Å². The Morgan fingerprint density at radius 3 is 1.86 bits per heavy atom. The molecule has 7 rings (SSSR count). The SMILES string of the molecule is COC(=O)c1nc(C2CCOCC2)[nH]c1Br.C[C@@H]1CN(C(=O)OC(C)(C)C)C[C@H]1C(=O)CCl.C[C@@H]1CN(C(=O)OC(C)(C)C)C[C@H]1c1cn2c(C3CCOCC3)nc(Br)c2c(=O)[nH]1.O=CO[O-].[H-].[K+].[K+]. The van der Waals surface area contributed by atoms with Crippen molar-refractivity contribution in [3.63, 3.8) is 0 Å². The average molecular weight is 1170 g/mol. The number of aromatic amines is 2. The van der Waals surface area contributed by atoms with Crippen LogP contribution in [0, 0.1) is 17.8 Å². The van der Waals surface area contributed by atoms with Crippen molar-refractivity contribution in [2.75, 3.05) is 65.6 Å². The van der Waals surface area contributed by atoms with Gasteiger partial charge in [-0.15, -0.1) is 11.6 Å². The van der Waals surface area contributed by atoms with Gasteiger partial charge in [-0.2, -0.15) is 0 Å². The van der Waals surface area contributed by atoms with E-state index in [0.29, 0.717) is 65.7 Å². The summed E-state index contributed by atoms with van der Waals surface area (Å²) < 4.78 is 29.3. The molecule has 3 aromatic rings. The smallest absolute Gasteiger partial charge is 1.00 e. The minimum absolute atomic E-state index is 0. The summed E-state index contributed by atoms with van der Waals surface area (Å²) in [6, 6.07) is 0. The third kappa shape index (κ3) is 19.1. The summed E-state index contributed by atoms with van der Waals surface area (Å²) in [7, 11) is 1.34. The first kappa shape index (κ1) is 64.3. The number of fused-ring (bicyclic) bond motifs is 1. The zero-order valence-corrected chi connectivity index (χ0v) is 51.7. The number of esters is 1. The molecule has 4 aliphatic heterocycles. The first-order chi connectivity index (χ1) is 31.5. The third-order valence-electron chi connectivity index (χ3n) is 11.4. The van der Waals surface area contributed by atoms with Crippen LogP contribution in [0.15, 0.2) is 20.2 Å². The van der Waals surface area contributed by atoms with E-state index in [1.165, 1.54) is 7.11 Å². The number of ether oxygens (including phenoxy) is 5. The van der Waals surface area contributed by atoms with Gasteiger partial charge in [0.15, 0.2) is 11.5 Å². The molecule has 3 aromatic heterocycles. The van der Waals surface area contributed by atoms with E-state index in [0.717, 1.165) is 56.2 Å². The van der Waals surface area contributed by atoms with Gasteiger partial charge in [-0.3, -0.25) is 18.8 Å². The largest absolute Gasteiger partial charge is 1.00 e. The van der Waals surface area contributed by atoms with Crippen molar-refractivity contribution in [2.45, 2.75) is 110 Å². The van der Waals surface area contributed by atoms with Gasteiger partial charge in [-0.1, -0.05) is 13.8 Å². The van der Waals surface area contributed by atoms with E-state index in [1.54, 1.807) is 9.80 Å². The Kier molecular flexibility index (Phi) is 27.9. The molecule has 20 nitrogen and oxygen atoms in total. The summed E-state index contributed by atoms with van der Waals surface area (Å²) in [6.07, 6.45) is 4.96. The maximum Gasteiger partial charge on any atom is 1.00 e. The van der Waals surface area contributed by atoms with E-state index >= 15 is 0 Å². The number of nitrogens with one attached hydrogen (secondary N) is 2. The molecule has 4 fully saturated rings. The predicted molar refractivity (Wildman–Crippen MR) is 251 cm³/mol. The number of rotatable bonds is 7. The fraction of sp³-hybridized carbons (Fsp3) is 0.682. The quantitative estimate of drug-likeness (QED) is 0.0617. The van der Waals surface area contributed by atoms with Crippen LogP contribution >= 0.6 is 43.5 Å². The number of hydrogen-bond donors (Lipinski definition) is 2. The van der Waals surface area contributed by atoms with Crippen molar-refractivity contribution in [3.8, 4) is 0 Å². The molecule has 69 heavy (non-hydrogen) atoms. The number of nitrogens with zero attached hydrogens (tertiary/aromatic N) is 5. The second kappa shape index (κ2) is 29.9. The van der Waals surface area contributed by atoms with E-state index in [-0.39, 0.29) is 170 Å². The van der Waals surface area contributed by atoms with Crippen molar-refractivity contribution in [1.82, 2.24) is 34.1 Å². The number of Topliss-reactive ketones (excluding diaryl/α,β-unsaturated/α-hetero) is 1. The Bertz CT molecular complexity index is 2230. The number of amides is 2. The Morgan fingerprint density at radius 2 is 1.36 bits per heavy atom. The Balaban J connectivity index is 0.000000527. The van der Waals surface area contributed by atoms with Crippen LogP contribution in [0.25, 0.3) is 5.52 Å². The molecule has 0 aromatic carbocycles. The van der Waals surface area contributed by atoms with Crippen molar-refractivity contribution >= 4 is 79.4 Å². The molecule has 0 radical (unpaired) electrons. The molecule has 7 heterocycles. The van der Waals surface area contributed by atoms with Crippen molar-refractivity contribution in [1.29, 1.82) is 0 Å². The van der Waals surface area contributed by atoms with E-state index in [4.69, 9.17) is 40.6 Å². The van der Waals surface area contributed by atoms with Crippen molar-refractivity contribution in [3.05, 3.63) is 48.8 Å². The van der Waals surface area contributed by atoms with Crippen LogP contribution in [0.2, 0.25) is 0 Å². The molecule has 0 saturated carbocycles. The number of H-pyrrole nitrogens is 2. The molecule has 0 unspecified atom stereocenters. The molecule has 4 saturated heterocycles. The molecule has 2 amide bonds. The van der Waals surface area contributed by atoms with E-state index in [2.05, 4.69) is 68.3 Å². The second-order valence-corrected chi connectivity index (χ2v) is 20.6. The van der Waals surface area contributed by atoms with Crippen LogP contribution in [0.1, 0.15) is 128 Å². The summed E-state index contributed by atoms with van der Waals surface area (Å²) in [5.74, 6) is 2.12. The Labute approximate surface area is 511 Å². The zero-order chi connectivity index (χ0) is 49.8. The summed E-state index contributed by atoms with van der Waals surface area (Å²) in [4.78, 5) is 89.8. The van der Waals surface area contributed by atoms with E-state index in [1.807, 2.05) is 59.1 Å². The van der Waals surface area contributed by atoms with Gasteiger partial charge in [0.25, 0.3) is 12.0 Å². The van der Waals surface area contributed by atoms with Crippen LogP contribution in [0.3, 0.4) is 0 Å². The molecular formula is C44H64Br2ClK2N7O13. The maximum absolute atomic E-state index is 12.9. The minimum atomic E-state index is -0.534. The fourth-order valence-electron chi connectivity index (χ4n) is 8.12. The number of aromatic nitrogens is 5. The van der Waals surface area contributed by atoms with E-state index < -0.39 is 17.2 Å². The molecule has 4 aliphatic rings. The van der Waals surface area contributed by atoms with Crippen molar-refractivity contribution < 1.29 is 162 Å². The first-order valence-corrected chi connectivity index (χ1v) is 24.2. The molecule has 4 atom stereocenters. The number of alkyl halides is 1. The molecule has 0 bridgehead atoms.